The Bertz CT molecular complexity index is 269. The zero-order chi connectivity index (χ0) is 8.10. The van der Waals surface area contributed by atoms with Crippen LogP contribution in [0.3, 0.4) is 0 Å². The van der Waals surface area contributed by atoms with Crippen molar-refractivity contribution in [2.45, 2.75) is 6.82 Å². The van der Waals surface area contributed by atoms with Crippen molar-refractivity contribution in [2.24, 2.45) is 0 Å². The van der Waals surface area contributed by atoms with Gasteiger partial charge < -0.3 is 5.02 Å². The van der Waals surface area contributed by atoms with Gasteiger partial charge in [0, 0.05) is 5.56 Å². The Morgan fingerprint density at radius 1 is 1.27 bits per heavy atom. The molecule has 54 valence electrons. The van der Waals surface area contributed by atoms with Gasteiger partial charge in [-0.05, 0) is 19.0 Å². The van der Waals surface area contributed by atoms with Crippen LogP contribution in [0.25, 0.3) is 0 Å². The normalized spacial score (nSPS) is 8.18. The summed E-state index contributed by atoms with van der Waals surface area (Å²) in [5.74, 6) is 5.51. The molecule has 0 saturated carbocycles. The van der Waals surface area contributed by atoms with Crippen LogP contribution in [0.4, 0.5) is 0 Å². The number of hydrogen-bond donors (Lipinski definition) is 1. The van der Waals surface area contributed by atoms with E-state index >= 15 is 0 Å². The molecule has 0 radical (unpaired) electrons. The second-order valence-corrected chi connectivity index (χ2v) is 2.31. The van der Waals surface area contributed by atoms with E-state index in [-0.39, 0.29) is 0 Å². The molecular formula is C9H9BO. The maximum Gasteiger partial charge on any atom is 0.374 e. The quantitative estimate of drug-likeness (QED) is 0.428. The lowest BCUT2D eigenvalue weighted by atomic mass is 9.73. The van der Waals surface area contributed by atoms with E-state index in [0.717, 1.165) is 5.56 Å². The smallest absolute Gasteiger partial charge is 0.374 e. The minimum atomic E-state index is -0.546. The van der Waals surface area contributed by atoms with Crippen molar-refractivity contribution in [2.75, 3.05) is 0 Å². The van der Waals surface area contributed by atoms with Crippen LogP contribution in [-0.4, -0.2) is 11.9 Å². The molecule has 0 aliphatic carbocycles. The lowest BCUT2D eigenvalue weighted by molar-refractivity contribution is 0.595. The fraction of sp³-hybridized carbons (Fsp3) is 0.111. The predicted molar refractivity (Wildman–Crippen MR) is 47.2 cm³/mol. The van der Waals surface area contributed by atoms with Gasteiger partial charge in [-0.2, -0.15) is 0 Å². The molecule has 0 atom stereocenters. The van der Waals surface area contributed by atoms with Crippen molar-refractivity contribution >= 4 is 6.92 Å². The Balaban J connectivity index is 2.75. The van der Waals surface area contributed by atoms with Crippen LogP contribution in [0.2, 0.25) is 6.82 Å². The van der Waals surface area contributed by atoms with Crippen molar-refractivity contribution in [3.05, 3.63) is 35.9 Å². The molecule has 11 heavy (non-hydrogen) atoms. The summed E-state index contributed by atoms with van der Waals surface area (Å²) >= 11 is 0. The van der Waals surface area contributed by atoms with Gasteiger partial charge in [0.15, 0.2) is 0 Å². The van der Waals surface area contributed by atoms with Gasteiger partial charge in [0.1, 0.15) is 0 Å². The Labute approximate surface area is 67.2 Å². The molecule has 2 heteroatoms. The van der Waals surface area contributed by atoms with Crippen molar-refractivity contribution in [1.82, 2.24) is 0 Å². The molecule has 0 saturated heterocycles. The molecule has 1 N–H and O–H groups in total. The minimum absolute atomic E-state index is 0.546. The minimum Gasteiger partial charge on any atom is -0.440 e. The van der Waals surface area contributed by atoms with E-state index in [9.17, 15) is 0 Å². The molecule has 1 rings (SSSR count). The summed E-state index contributed by atoms with van der Waals surface area (Å²) in [5.41, 5.74) is 0.938. The van der Waals surface area contributed by atoms with E-state index in [0.29, 0.717) is 0 Å². The maximum atomic E-state index is 8.84. The molecule has 0 fully saturated rings. The average molecular weight is 144 g/mol. The van der Waals surface area contributed by atoms with E-state index in [4.69, 9.17) is 5.02 Å². The van der Waals surface area contributed by atoms with E-state index in [2.05, 4.69) is 11.7 Å². The topological polar surface area (TPSA) is 20.2 Å². The monoisotopic (exact) mass is 144 g/mol. The Kier molecular flexibility index (Phi) is 2.77. The summed E-state index contributed by atoms with van der Waals surface area (Å²) in [5, 5.41) is 8.84. The molecule has 0 bridgehead atoms. The Morgan fingerprint density at radius 3 is 2.45 bits per heavy atom. The largest absolute Gasteiger partial charge is 0.440 e. The fourth-order valence-corrected chi connectivity index (χ4v) is 0.709. The number of rotatable bonds is 0. The van der Waals surface area contributed by atoms with Gasteiger partial charge in [0.25, 0.3) is 0 Å². The van der Waals surface area contributed by atoms with Gasteiger partial charge in [0.2, 0.25) is 0 Å². The van der Waals surface area contributed by atoms with Crippen LogP contribution in [-0.2, 0) is 0 Å². The van der Waals surface area contributed by atoms with Crippen molar-refractivity contribution in [3.8, 4) is 11.7 Å². The molecular weight excluding hydrogens is 135 g/mol. The SMILES string of the molecule is CB(O)C#Cc1ccccc1. The Morgan fingerprint density at radius 2 is 1.91 bits per heavy atom. The number of hydrogen-bond acceptors (Lipinski definition) is 1. The second kappa shape index (κ2) is 3.85. The van der Waals surface area contributed by atoms with Crippen LogP contribution in [0, 0.1) is 11.7 Å². The lowest BCUT2D eigenvalue weighted by Gasteiger charge is -1.86. The summed E-state index contributed by atoms with van der Waals surface area (Å²) in [6.07, 6.45) is 0. The summed E-state index contributed by atoms with van der Waals surface area (Å²) < 4.78 is 0. The molecule has 0 aliphatic heterocycles. The van der Waals surface area contributed by atoms with Gasteiger partial charge in [-0.15, -0.1) is 5.82 Å². The van der Waals surface area contributed by atoms with Gasteiger partial charge >= 0.3 is 6.92 Å². The first-order valence-corrected chi connectivity index (χ1v) is 3.53. The fourth-order valence-electron chi connectivity index (χ4n) is 0.709. The number of benzene rings is 1. The van der Waals surface area contributed by atoms with Crippen molar-refractivity contribution in [1.29, 1.82) is 0 Å². The van der Waals surface area contributed by atoms with Gasteiger partial charge in [-0.3, -0.25) is 0 Å². The van der Waals surface area contributed by atoms with Crippen LogP contribution >= 0.6 is 0 Å². The highest BCUT2D eigenvalue weighted by atomic mass is 16.2. The molecule has 1 aromatic carbocycles. The highest BCUT2D eigenvalue weighted by Gasteiger charge is 1.91. The molecule has 0 spiro atoms. The van der Waals surface area contributed by atoms with Crippen LogP contribution in [0.15, 0.2) is 30.3 Å². The van der Waals surface area contributed by atoms with Crippen molar-refractivity contribution < 1.29 is 5.02 Å². The molecule has 0 aromatic heterocycles. The first-order chi connectivity index (χ1) is 5.29. The zero-order valence-electron chi connectivity index (χ0n) is 6.41. The highest BCUT2D eigenvalue weighted by molar-refractivity contribution is 6.58. The highest BCUT2D eigenvalue weighted by Crippen LogP contribution is 1.94. The lowest BCUT2D eigenvalue weighted by Crippen LogP contribution is -2.00. The summed E-state index contributed by atoms with van der Waals surface area (Å²) in [7, 11) is 0. The summed E-state index contributed by atoms with van der Waals surface area (Å²) in [4.78, 5) is 0. The maximum absolute atomic E-state index is 8.84. The van der Waals surface area contributed by atoms with Crippen molar-refractivity contribution in [3.63, 3.8) is 0 Å². The molecule has 1 nitrogen and oxygen atoms in total. The molecule has 0 unspecified atom stereocenters. The third kappa shape index (κ3) is 2.93. The van der Waals surface area contributed by atoms with Crippen LogP contribution in [0.5, 0.6) is 0 Å². The standard InChI is InChI=1S/C9H9BO/c1-10(11)8-7-9-5-3-2-4-6-9/h2-6,11H,1H3. The van der Waals surface area contributed by atoms with Gasteiger partial charge in [0.05, 0.1) is 0 Å². The Hall–Kier alpha value is -1.20. The van der Waals surface area contributed by atoms with Gasteiger partial charge in [-0.25, -0.2) is 0 Å². The van der Waals surface area contributed by atoms with E-state index in [1.807, 2.05) is 30.3 Å². The third-order valence-electron chi connectivity index (χ3n) is 1.20. The van der Waals surface area contributed by atoms with Crippen LogP contribution in [0.1, 0.15) is 5.56 Å². The van der Waals surface area contributed by atoms with E-state index in [1.54, 1.807) is 6.82 Å². The summed E-state index contributed by atoms with van der Waals surface area (Å²) in [6.45, 7) is 1.10. The molecule has 0 aliphatic rings. The first kappa shape index (κ1) is 7.91. The molecule has 0 amide bonds. The summed E-state index contributed by atoms with van der Waals surface area (Å²) in [6, 6.07) is 9.61. The third-order valence-corrected chi connectivity index (χ3v) is 1.20. The average Bonchev–Trinajstić information content (AvgIpc) is 2.03. The predicted octanol–water partition coefficient (Wildman–Crippen LogP) is 1.19. The molecule has 1 aromatic rings. The zero-order valence-corrected chi connectivity index (χ0v) is 6.41. The van der Waals surface area contributed by atoms with E-state index in [1.165, 1.54) is 0 Å². The van der Waals surface area contributed by atoms with Crippen LogP contribution < -0.4 is 0 Å². The second-order valence-electron chi connectivity index (χ2n) is 2.31. The van der Waals surface area contributed by atoms with Gasteiger partial charge in [-0.1, -0.05) is 24.1 Å². The van der Waals surface area contributed by atoms with E-state index < -0.39 is 6.92 Å². The molecule has 0 heterocycles. The first-order valence-electron chi connectivity index (χ1n) is 3.53.